The SMILES string of the molecule is CC1CN(C(=O)c2ccco2)c2ccccc21. The van der Waals surface area contributed by atoms with Gasteiger partial charge < -0.3 is 9.32 Å². The number of rotatable bonds is 1. The van der Waals surface area contributed by atoms with Gasteiger partial charge in [0.15, 0.2) is 5.76 Å². The van der Waals surface area contributed by atoms with Gasteiger partial charge in [0.1, 0.15) is 0 Å². The molecule has 17 heavy (non-hydrogen) atoms. The van der Waals surface area contributed by atoms with Crippen molar-refractivity contribution in [3.8, 4) is 0 Å². The van der Waals surface area contributed by atoms with Crippen molar-refractivity contribution in [2.24, 2.45) is 0 Å². The Bertz CT molecular complexity index is 545. The van der Waals surface area contributed by atoms with Crippen LogP contribution in [-0.4, -0.2) is 12.5 Å². The van der Waals surface area contributed by atoms with Crippen LogP contribution in [-0.2, 0) is 0 Å². The van der Waals surface area contributed by atoms with Gasteiger partial charge in [0.25, 0.3) is 5.91 Å². The highest BCUT2D eigenvalue weighted by atomic mass is 16.3. The van der Waals surface area contributed by atoms with Crippen molar-refractivity contribution < 1.29 is 9.21 Å². The van der Waals surface area contributed by atoms with Crippen LogP contribution >= 0.6 is 0 Å². The quantitative estimate of drug-likeness (QED) is 0.750. The molecule has 3 rings (SSSR count). The van der Waals surface area contributed by atoms with Crippen molar-refractivity contribution >= 4 is 11.6 Å². The second kappa shape index (κ2) is 3.77. The number of carbonyl (C=O) groups is 1. The van der Waals surface area contributed by atoms with E-state index in [1.807, 2.05) is 18.2 Å². The van der Waals surface area contributed by atoms with E-state index in [0.717, 1.165) is 12.2 Å². The molecular weight excluding hydrogens is 214 g/mol. The summed E-state index contributed by atoms with van der Waals surface area (Å²) < 4.78 is 5.17. The van der Waals surface area contributed by atoms with Gasteiger partial charge in [-0.3, -0.25) is 4.79 Å². The molecule has 2 heterocycles. The number of para-hydroxylation sites is 1. The molecule has 1 amide bonds. The number of amides is 1. The molecule has 1 aliphatic rings. The number of nitrogens with zero attached hydrogens (tertiary/aromatic N) is 1. The normalized spacial score (nSPS) is 18.2. The van der Waals surface area contributed by atoms with Crippen molar-refractivity contribution in [2.75, 3.05) is 11.4 Å². The number of benzene rings is 1. The minimum absolute atomic E-state index is 0.0631. The third kappa shape index (κ3) is 1.55. The highest BCUT2D eigenvalue weighted by Crippen LogP contribution is 2.36. The lowest BCUT2D eigenvalue weighted by molar-refractivity contribution is 0.0961. The molecule has 3 nitrogen and oxygen atoms in total. The summed E-state index contributed by atoms with van der Waals surface area (Å²) in [6, 6.07) is 11.5. The van der Waals surface area contributed by atoms with E-state index in [-0.39, 0.29) is 5.91 Å². The van der Waals surface area contributed by atoms with Crippen molar-refractivity contribution in [3.05, 3.63) is 54.0 Å². The summed E-state index contributed by atoms with van der Waals surface area (Å²) in [6.07, 6.45) is 1.53. The van der Waals surface area contributed by atoms with Gasteiger partial charge in [-0.1, -0.05) is 25.1 Å². The number of furan rings is 1. The van der Waals surface area contributed by atoms with E-state index < -0.39 is 0 Å². The Morgan fingerprint density at radius 1 is 1.29 bits per heavy atom. The fourth-order valence-corrected chi connectivity index (χ4v) is 2.35. The monoisotopic (exact) mass is 227 g/mol. The third-order valence-corrected chi connectivity index (χ3v) is 3.19. The highest BCUT2D eigenvalue weighted by Gasteiger charge is 2.30. The first-order valence-electron chi connectivity index (χ1n) is 5.71. The molecule has 0 saturated carbocycles. The van der Waals surface area contributed by atoms with Crippen LogP contribution in [0.3, 0.4) is 0 Å². The molecule has 86 valence electrons. The Kier molecular flexibility index (Phi) is 2.25. The molecule has 0 radical (unpaired) electrons. The van der Waals surface area contributed by atoms with Gasteiger partial charge in [-0.05, 0) is 23.8 Å². The van der Waals surface area contributed by atoms with Gasteiger partial charge in [0.2, 0.25) is 0 Å². The van der Waals surface area contributed by atoms with E-state index in [2.05, 4.69) is 13.0 Å². The molecule has 1 aromatic heterocycles. The summed E-state index contributed by atoms with van der Waals surface area (Å²) in [6.45, 7) is 2.85. The van der Waals surface area contributed by atoms with E-state index in [1.165, 1.54) is 11.8 Å². The number of fused-ring (bicyclic) bond motifs is 1. The molecule has 0 spiro atoms. The standard InChI is InChI=1S/C14H13NO2/c1-10-9-15(12-6-3-2-5-11(10)12)14(16)13-7-4-8-17-13/h2-8,10H,9H2,1H3. The van der Waals surface area contributed by atoms with Crippen molar-refractivity contribution in [2.45, 2.75) is 12.8 Å². The second-order valence-corrected chi connectivity index (χ2v) is 4.35. The number of anilines is 1. The summed E-state index contributed by atoms with van der Waals surface area (Å²) in [5.41, 5.74) is 2.23. The van der Waals surface area contributed by atoms with Crippen LogP contribution in [0.15, 0.2) is 47.1 Å². The van der Waals surface area contributed by atoms with Crippen LogP contribution in [0, 0.1) is 0 Å². The smallest absolute Gasteiger partial charge is 0.293 e. The molecule has 3 heteroatoms. The lowest BCUT2D eigenvalue weighted by Gasteiger charge is -2.15. The molecule has 1 atom stereocenters. The molecule has 1 unspecified atom stereocenters. The van der Waals surface area contributed by atoms with Crippen LogP contribution in [0.2, 0.25) is 0 Å². The van der Waals surface area contributed by atoms with Crippen molar-refractivity contribution in [3.63, 3.8) is 0 Å². The summed E-state index contributed by atoms with van der Waals surface area (Å²) in [5, 5.41) is 0. The fourth-order valence-electron chi connectivity index (χ4n) is 2.35. The van der Waals surface area contributed by atoms with Gasteiger partial charge in [-0.25, -0.2) is 0 Å². The summed E-state index contributed by atoms with van der Waals surface area (Å²) in [5.74, 6) is 0.714. The Morgan fingerprint density at radius 3 is 2.88 bits per heavy atom. The molecule has 0 N–H and O–H groups in total. The van der Waals surface area contributed by atoms with Gasteiger partial charge in [0, 0.05) is 18.2 Å². The van der Waals surface area contributed by atoms with Gasteiger partial charge >= 0.3 is 0 Å². The van der Waals surface area contributed by atoms with Crippen LogP contribution in [0.25, 0.3) is 0 Å². The number of carbonyl (C=O) groups excluding carboxylic acids is 1. The fraction of sp³-hybridized carbons (Fsp3) is 0.214. The van der Waals surface area contributed by atoms with E-state index in [0.29, 0.717) is 11.7 Å². The molecule has 1 aromatic carbocycles. The maximum atomic E-state index is 12.2. The Morgan fingerprint density at radius 2 is 2.12 bits per heavy atom. The second-order valence-electron chi connectivity index (χ2n) is 4.35. The van der Waals surface area contributed by atoms with Crippen LogP contribution in [0.1, 0.15) is 29.0 Å². The van der Waals surface area contributed by atoms with Crippen LogP contribution < -0.4 is 4.90 Å². The first kappa shape index (κ1) is 10.1. The Balaban J connectivity index is 1.99. The first-order chi connectivity index (χ1) is 8.27. The van der Waals surface area contributed by atoms with Gasteiger partial charge in [-0.2, -0.15) is 0 Å². The first-order valence-corrected chi connectivity index (χ1v) is 5.71. The zero-order valence-corrected chi connectivity index (χ0v) is 9.59. The Labute approximate surface area is 99.7 Å². The zero-order valence-electron chi connectivity index (χ0n) is 9.59. The third-order valence-electron chi connectivity index (χ3n) is 3.19. The maximum Gasteiger partial charge on any atom is 0.293 e. The van der Waals surface area contributed by atoms with Gasteiger partial charge in [-0.15, -0.1) is 0 Å². The lowest BCUT2D eigenvalue weighted by atomic mass is 10.0. The zero-order chi connectivity index (χ0) is 11.8. The summed E-state index contributed by atoms with van der Waals surface area (Å²) in [7, 11) is 0. The topological polar surface area (TPSA) is 33.5 Å². The van der Waals surface area contributed by atoms with E-state index >= 15 is 0 Å². The molecule has 0 fully saturated rings. The largest absolute Gasteiger partial charge is 0.459 e. The molecule has 2 aromatic rings. The number of hydrogen-bond acceptors (Lipinski definition) is 2. The highest BCUT2D eigenvalue weighted by molar-refractivity contribution is 6.05. The molecular formula is C14H13NO2. The minimum atomic E-state index is -0.0631. The molecule has 0 aliphatic carbocycles. The average Bonchev–Trinajstić information content (AvgIpc) is 2.97. The molecule has 0 saturated heterocycles. The van der Waals surface area contributed by atoms with Crippen molar-refractivity contribution in [1.82, 2.24) is 0 Å². The van der Waals surface area contributed by atoms with Crippen molar-refractivity contribution in [1.29, 1.82) is 0 Å². The van der Waals surface area contributed by atoms with E-state index in [9.17, 15) is 4.79 Å². The van der Waals surface area contributed by atoms with Gasteiger partial charge in [0.05, 0.1) is 6.26 Å². The summed E-state index contributed by atoms with van der Waals surface area (Å²) >= 11 is 0. The molecule has 0 bridgehead atoms. The molecule has 1 aliphatic heterocycles. The Hall–Kier alpha value is -2.03. The summed E-state index contributed by atoms with van der Waals surface area (Å²) in [4.78, 5) is 14.0. The minimum Gasteiger partial charge on any atom is -0.459 e. The maximum absolute atomic E-state index is 12.2. The average molecular weight is 227 g/mol. The lowest BCUT2D eigenvalue weighted by Crippen LogP contribution is -2.29. The van der Waals surface area contributed by atoms with Crippen LogP contribution in [0.5, 0.6) is 0 Å². The predicted molar refractivity (Wildman–Crippen MR) is 65.2 cm³/mol. The van der Waals surface area contributed by atoms with E-state index in [4.69, 9.17) is 4.42 Å². The number of hydrogen-bond donors (Lipinski definition) is 0. The van der Waals surface area contributed by atoms with Crippen LogP contribution in [0.4, 0.5) is 5.69 Å². The van der Waals surface area contributed by atoms with E-state index in [1.54, 1.807) is 17.0 Å². The predicted octanol–water partition coefficient (Wildman–Crippen LogP) is 3.04.